The summed E-state index contributed by atoms with van der Waals surface area (Å²) in [5.41, 5.74) is -0.489. The first-order valence-electron chi connectivity index (χ1n) is 8.11. The number of carbonyl (C=O) groups is 1. The van der Waals surface area contributed by atoms with E-state index in [1.54, 1.807) is 0 Å². The lowest BCUT2D eigenvalue weighted by molar-refractivity contribution is -0.137. The zero-order valence-corrected chi connectivity index (χ0v) is 13.4. The van der Waals surface area contributed by atoms with Crippen LogP contribution in [0.2, 0.25) is 0 Å². The maximum atomic E-state index is 12.8. The molecular formula is C18H18F3NO3. The Hall–Kier alpha value is -2.28. The van der Waals surface area contributed by atoms with Crippen molar-refractivity contribution in [2.75, 3.05) is 13.2 Å². The van der Waals surface area contributed by atoms with Gasteiger partial charge >= 0.3 is 6.18 Å². The van der Waals surface area contributed by atoms with Crippen molar-refractivity contribution in [1.29, 1.82) is 0 Å². The van der Waals surface area contributed by atoms with Crippen molar-refractivity contribution >= 4 is 5.91 Å². The van der Waals surface area contributed by atoms with E-state index in [0.29, 0.717) is 6.54 Å². The quantitative estimate of drug-likeness (QED) is 0.874. The molecule has 2 heterocycles. The van der Waals surface area contributed by atoms with E-state index in [1.165, 1.54) is 24.3 Å². The summed E-state index contributed by atoms with van der Waals surface area (Å²) in [5.74, 6) is -0.105. The molecule has 7 heteroatoms. The molecule has 0 radical (unpaired) electrons. The Morgan fingerprint density at radius 3 is 2.80 bits per heavy atom. The molecule has 1 aromatic heterocycles. The van der Waals surface area contributed by atoms with Gasteiger partial charge in [-0.05, 0) is 43.5 Å². The molecule has 134 valence electrons. The monoisotopic (exact) mass is 353 g/mol. The highest BCUT2D eigenvalue weighted by atomic mass is 19.4. The zero-order chi connectivity index (χ0) is 17.9. The van der Waals surface area contributed by atoms with E-state index in [1.807, 2.05) is 0 Å². The van der Waals surface area contributed by atoms with Crippen LogP contribution in [0.3, 0.4) is 0 Å². The Kier molecular flexibility index (Phi) is 5.13. The number of rotatable bonds is 5. The van der Waals surface area contributed by atoms with Gasteiger partial charge in [0.1, 0.15) is 5.76 Å². The summed E-state index contributed by atoms with van der Waals surface area (Å²) in [7, 11) is 0. The lowest BCUT2D eigenvalue weighted by Gasteiger charge is -2.09. The molecule has 1 aromatic carbocycles. The van der Waals surface area contributed by atoms with Gasteiger partial charge in [0.25, 0.3) is 5.91 Å². The van der Waals surface area contributed by atoms with Gasteiger partial charge in [0.2, 0.25) is 0 Å². The van der Waals surface area contributed by atoms with Gasteiger partial charge in [-0.15, -0.1) is 0 Å². The van der Waals surface area contributed by atoms with Crippen molar-refractivity contribution < 1.29 is 27.1 Å². The summed E-state index contributed by atoms with van der Waals surface area (Å²) in [6, 6.07) is 7.75. The van der Waals surface area contributed by atoms with Gasteiger partial charge in [-0.3, -0.25) is 4.79 Å². The van der Waals surface area contributed by atoms with Crippen LogP contribution in [0, 0.1) is 0 Å². The van der Waals surface area contributed by atoms with Gasteiger partial charge < -0.3 is 14.5 Å². The van der Waals surface area contributed by atoms with Crippen molar-refractivity contribution in [3.63, 3.8) is 0 Å². The standard InChI is InChI=1S/C18H18F3NO3/c19-18(20,21)13-4-1-3-12(11-13)15-6-7-16(25-15)17(23)22-9-8-14-5-2-10-24-14/h1,3-4,6-7,11,14H,2,5,8-10H2,(H,22,23). The Labute approximate surface area is 143 Å². The summed E-state index contributed by atoms with van der Waals surface area (Å²) < 4.78 is 49.2. The second-order valence-corrected chi connectivity index (χ2v) is 5.92. The van der Waals surface area contributed by atoms with E-state index in [2.05, 4.69) is 5.32 Å². The highest BCUT2D eigenvalue weighted by Gasteiger charge is 2.30. The Morgan fingerprint density at radius 2 is 2.08 bits per heavy atom. The molecule has 4 nitrogen and oxygen atoms in total. The summed E-state index contributed by atoms with van der Waals surface area (Å²) in [4.78, 5) is 12.1. The van der Waals surface area contributed by atoms with Gasteiger partial charge in [0.15, 0.2) is 5.76 Å². The molecule has 0 spiro atoms. The van der Waals surface area contributed by atoms with Gasteiger partial charge in [0.05, 0.1) is 11.7 Å². The minimum atomic E-state index is -4.43. The van der Waals surface area contributed by atoms with Crippen LogP contribution >= 0.6 is 0 Å². The summed E-state index contributed by atoms with van der Waals surface area (Å²) in [5, 5.41) is 2.73. The molecule has 2 aromatic rings. The molecule has 0 aliphatic carbocycles. The topological polar surface area (TPSA) is 51.5 Å². The predicted molar refractivity (Wildman–Crippen MR) is 85.1 cm³/mol. The molecule has 1 amide bonds. The molecule has 1 fully saturated rings. The molecule has 0 bridgehead atoms. The fourth-order valence-electron chi connectivity index (χ4n) is 2.77. The lowest BCUT2D eigenvalue weighted by atomic mass is 10.1. The molecule has 1 saturated heterocycles. The average molecular weight is 353 g/mol. The summed E-state index contributed by atoms with van der Waals surface area (Å²) in [6.45, 7) is 1.22. The van der Waals surface area contributed by atoms with Gasteiger partial charge in [0, 0.05) is 18.7 Å². The number of hydrogen-bond donors (Lipinski definition) is 1. The maximum Gasteiger partial charge on any atom is 0.416 e. The number of hydrogen-bond acceptors (Lipinski definition) is 3. The third-order valence-electron chi connectivity index (χ3n) is 4.08. The maximum absolute atomic E-state index is 12.8. The minimum Gasteiger partial charge on any atom is -0.451 e. The van der Waals surface area contributed by atoms with Crippen molar-refractivity contribution in [3.05, 3.63) is 47.7 Å². The SMILES string of the molecule is O=C(NCCC1CCCO1)c1ccc(-c2cccc(C(F)(F)F)c2)o1. The Balaban J connectivity index is 1.62. The number of nitrogens with one attached hydrogen (secondary N) is 1. The van der Waals surface area contributed by atoms with E-state index in [9.17, 15) is 18.0 Å². The van der Waals surface area contributed by atoms with Crippen LogP contribution in [0.5, 0.6) is 0 Å². The first-order chi connectivity index (χ1) is 11.9. The number of carbonyl (C=O) groups excluding carboxylic acids is 1. The van der Waals surface area contributed by atoms with Crippen LogP contribution < -0.4 is 5.32 Å². The van der Waals surface area contributed by atoms with E-state index in [0.717, 1.165) is 38.0 Å². The highest BCUT2D eigenvalue weighted by molar-refractivity contribution is 5.92. The smallest absolute Gasteiger partial charge is 0.416 e. The van der Waals surface area contributed by atoms with E-state index in [-0.39, 0.29) is 23.2 Å². The average Bonchev–Trinajstić information content (AvgIpc) is 3.26. The zero-order valence-electron chi connectivity index (χ0n) is 13.4. The molecule has 1 unspecified atom stereocenters. The summed E-state index contributed by atoms with van der Waals surface area (Å²) >= 11 is 0. The second kappa shape index (κ2) is 7.31. The number of amides is 1. The molecule has 3 rings (SSSR count). The molecule has 1 aliphatic rings. The van der Waals surface area contributed by atoms with Crippen molar-refractivity contribution in [1.82, 2.24) is 5.32 Å². The van der Waals surface area contributed by atoms with Crippen LogP contribution in [0.1, 0.15) is 35.4 Å². The van der Waals surface area contributed by atoms with Crippen LogP contribution in [0.4, 0.5) is 13.2 Å². The normalized spacial score (nSPS) is 17.6. The van der Waals surface area contributed by atoms with E-state index >= 15 is 0 Å². The van der Waals surface area contributed by atoms with Crippen LogP contribution in [-0.2, 0) is 10.9 Å². The van der Waals surface area contributed by atoms with Crippen LogP contribution in [0.25, 0.3) is 11.3 Å². The number of ether oxygens (including phenoxy) is 1. The minimum absolute atomic E-state index is 0.0692. The van der Waals surface area contributed by atoms with E-state index < -0.39 is 17.6 Å². The third-order valence-corrected chi connectivity index (χ3v) is 4.08. The van der Waals surface area contributed by atoms with Crippen LogP contribution in [-0.4, -0.2) is 25.2 Å². The van der Waals surface area contributed by atoms with Crippen molar-refractivity contribution in [3.8, 4) is 11.3 Å². The number of benzene rings is 1. The Bertz CT molecular complexity index is 733. The van der Waals surface area contributed by atoms with Crippen LogP contribution in [0.15, 0.2) is 40.8 Å². The molecule has 1 atom stereocenters. The third kappa shape index (κ3) is 4.42. The molecule has 1 N–H and O–H groups in total. The number of halogens is 3. The van der Waals surface area contributed by atoms with Gasteiger partial charge in [-0.2, -0.15) is 13.2 Å². The molecule has 0 saturated carbocycles. The van der Waals surface area contributed by atoms with Crippen molar-refractivity contribution in [2.24, 2.45) is 0 Å². The van der Waals surface area contributed by atoms with E-state index in [4.69, 9.17) is 9.15 Å². The van der Waals surface area contributed by atoms with Gasteiger partial charge in [-0.1, -0.05) is 12.1 Å². The predicted octanol–water partition coefficient (Wildman–Crippen LogP) is 4.26. The first kappa shape index (κ1) is 17.5. The second-order valence-electron chi connectivity index (χ2n) is 5.92. The molecule has 25 heavy (non-hydrogen) atoms. The Morgan fingerprint density at radius 1 is 1.24 bits per heavy atom. The molecular weight excluding hydrogens is 335 g/mol. The largest absolute Gasteiger partial charge is 0.451 e. The van der Waals surface area contributed by atoms with Gasteiger partial charge in [-0.25, -0.2) is 0 Å². The summed E-state index contributed by atoms with van der Waals surface area (Å²) in [6.07, 6.45) is -1.48. The molecule has 1 aliphatic heterocycles. The fraction of sp³-hybridized carbons (Fsp3) is 0.389. The number of alkyl halides is 3. The number of furan rings is 1. The van der Waals surface area contributed by atoms with Crippen molar-refractivity contribution in [2.45, 2.75) is 31.5 Å². The lowest BCUT2D eigenvalue weighted by Crippen LogP contribution is -2.26. The fourth-order valence-corrected chi connectivity index (χ4v) is 2.77. The first-order valence-corrected chi connectivity index (χ1v) is 8.11. The highest BCUT2D eigenvalue weighted by Crippen LogP contribution is 2.32.